The summed E-state index contributed by atoms with van der Waals surface area (Å²) >= 11 is 3.40. The number of nitriles is 1. The van der Waals surface area contributed by atoms with Crippen molar-refractivity contribution in [2.75, 3.05) is 6.54 Å². The Morgan fingerprint density at radius 3 is 2.73 bits per heavy atom. The smallest absolute Gasteiger partial charge is 0.407 e. The van der Waals surface area contributed by atoms with E-state index in [4.69, 9.17) is 10.00 Å². The summed E-state index contributed by atoms with van der Waals surface area (Å²) in [5.74, 6) is 6.03. The number of halogens is 1. The second kappa shape index (κ2) is 8.46. The molecule has 1 aromatic rings. The van der Waals surface area contributed by atoms with Crippen LogP contribution in [0.25, 0.3) is 0 Å². The summed E-state index contributed by atoms with van der Waals surface area (Å²) in [6.07, 6.45) is 0.0690. The molecular formula is C17H19BrN2O2. The van der Waals surface area contributed by atoms with E-state index in [1.54, 1.807) is 12.1 Å². The minimum atomic E-state index is -0.502. The van der Waals surface area contributed by atoms with Crippen LogP contribution in [-0.4, -0.2) is 18.2 Å². The van der Waals surface area contributed by atoms with Crippen molar-refractivity contribution in [2.24, 2.45) is 0 Å². The van der Waals surface area contributed by atoms with Gasteiger partial charge in [0.25, 0.3) is 0 Å². The van der Waals surface area contributed by atoms with Gasteiger partial charge in [0.2, 0.25) is 0 Å². The van der Waals surface area contributed by atoms with Crippen LogP contribution < -0.4 is 5.32 Å². The molecule has 0 aliphatic carbocycles. The van der Waals surface area contributed by atoms with Gasteiger partial charge in [-0.1, -0.05) is 33.8 Å². The number of alkyl halides is 1. The minimum Gasteiger partial charge on any atom is -0.444 e. The number of rotatable bonds is 3. The van der Waals surface area contributed by atoms with Crippen molar-refractivity contribution in [3.63, 3.8) is 0 Å². The monoisotopic (exact) mass is 362 g/mol. The lowest BCUT2D eigenvalue weighted by Crippen LogP contribution is -2.32. The summed E-state index contributed by atoms with van der Waals surface area (Å²) in [6, 6.07) is 7.52. The molecule has 1 aromatic carbocycles. The molecule has 0 fully saturated rings. The first kappa shape index (κ1) is 18.1. The van der Waals surface area contributed by atoms with Crippen LogP contribution in [0.15, 0.2) is 18.2 Å². The zero-order chi connectivity index (χ0) is 16.6. The lowest BCUT2D eigenvalue weighted by atomic mass is 10.1. The number of alkyl carbamates (subject to hydrolysis) is 1. The number of nitrogens with one attached hydrogen (secondary N) is 1. The second-order valence-electron chi connectivity index (χ2n) is 5.60. The number of amides is 1. The normalized spacial score (nSPS) is 10.1. The number of nitrogens with zero attached hydrogens (tertiary/aromatic N) is 1. The molecule has 5 heteroatoms. The number of carbonyl (C=O) groups is 1. The van der Waals surface area contributed by atoms with Gasteiger partial charge in [-0.15, -0.1) is 0 Å². The third-order valence-electron chi connectivity index (χ3n) is 2.52. The van der Waals surface area contributed by atoms with Crippen molar-refractivity contribution in [3.8, 4) is 17.9 Å². The van der Waals surface area contributed by atoms with Gasteiger partial charge in [0.1, 0.15) is 5.60 Å². The summed E-state index contributed by atoms with van der Waals surface area (Å²) in [5.41, 5.74) is 1.94. The highest BCUT2D eigenvalue weighted by molar-refractivity contribution is 9.08. The first-order valence-corrected chi connectivity index (χ1v) is 8.02. The lowest BCUT2D eigenvalue weighted by molar-refractivity contribution is 0.0529. The van der Waals surface area contributed by atoms with Gasteiger partial charge in [0, 0.05) is 23.9 Å². The van der Waals surface area contributed by atoms with Crippen LogP contribution in [0.2, 0.25) is 0 Å². The van der Waals surface area contributed by atoms with E-state index >= 15 is 0 Å². The number of hydrogen-bond donors (Lipinski definition) is 1. The third kappa shape index (κ3) is 6.65. The summed E-state index contributed by atoms with van der Waals surface area (Å²) < 4.78 is 5.13. The quantitative estimate of drug-likeness (QED) is 0.506. The summed E-state index contributed by atoms with van der Waals surface area (Å²) in [6.45, 7) is 5.87. The first-order valence-electron chi connectivity index (χ1n) is 6.90. The van der Waals surface area contributed by atoms with Gasteiger partial charge in [-0.25, -0.2) is 4.79 Å². The van der Waals surface area contributed by atoms with Crippen LogP contribution in [0.5, 0.6) is 0 Å². The molecule has 0 aliphatic rings. The molecule has 0 spiro atoms. The van der Waals surface area contributed by atoms with Crippen molar-refractivity contribution in [2.45, 2.75) is 38.1 Å². The van der Waals surface area contributed by atoms with Crippen LogP contribution in [0.3, 0.4) is 0 Å². The van der Waals surface area contributed by atoms with E-state index in [1.807, 2.05) is 26.8 Å². The fourth-order valence-electron chi connectivity index (χ4n) is 1.58. The molecule has 0 heterocycles. The molecule has 116 valence electrons. The van der Waals surface area contributed by atoms with Crippen molar-refractivity contribution < 1.29 is 9.53 Å². The van der Waals surface area contributed by atoms with Crippen LogP contribution in [0.1, 0.15) is 43.9 Å². The van der Waals surface area contributed by atoms with E-state index in [9.17, 15) is 4.79 Å². The maximum atomic E-state index is 11.5. The Balaban J connectivity index is 2.55. The molecule has 0 radical (unpaired) electrons. The molecule has 4 nitrogen and oxygen atoms in total. The molecule has 0 unspecified atom stereocenters. The predicted octanol–water partition coefficient (Wildman–Crippen LogP) is 3.72. The standard InChI is InChI=1S/C17H19BrN2O2/c1-17(2,3)22-16(21)20-9-5-4-6-14-10-13(12-19)7-8-15(14)11-18/h7-8,10H,5,9,11H2,1-3H3,(H,20,21). The van der Waals surface area contributed by atoms with Gasteiger partial charge in [-0.2, -0.15) is 5.26 Å². The van der Waals surface area contributed by atoms with Crippen molar-refractivity contribution in [3.05, 3.63) is 34.9 Å². The maximum absolute atomic E-state index is 11.5. The Kier molecular flexibility index (Phi) is 6.95. The van der Waals surface area contributed by atoms with Gasteiger partial charge in [-0.3, -0.25) is 0 Å². The highest BCUT2D eigenvalue weighted by Crippen LogP contribution is 2.14. The lowest BCUT2D eigenvalue weighted by Gasteiger charge is -2.19. The molecule has 0 saturated heterocycles. The minimum absolute atomic E-state index is 0.420. The average Bonchev–Trinajstić information content (AvgIpc) is 2.44. The van der Waals surface area contributed by atoms with Crippen molar-refractivity contribution in [1.82, 2.24) is 5.32 Å². The number of carbonyl (C=O) groups excluding carboxylic acids is 1. The van der Waals surface area contributed by atoms with Crippen LogP contribution in [0, 0.1) is 23.2 Å². The Hall–Kier alpha value is -1.98. The molecule has 1 N–H and O–H groups in total. The summed E-state index contributed by atoms with van der Waals surface area (Å²) in [4.78, 5) is 11.5. The maximum Gasteiger partial charge on any atom is 0.407 e. The SMILES string of the molecule is CC(C)(C)OC(=O)NCCC#Cc1cc(C#N)ccc1CBr. The van der Waals surface area contributed by atoms with Gasteiger partial charge in [0.15, 0.2) is 0 Å². The van der Waals surface area contributed by atoms with Gasteiger partial charge < -0.3 is 10.1 Å². The molecular weight excluding hydrogens is 344 g/mol. The zero-order valence-electron chi connectivity index (χ0n) is 13.0. The molecule has 0 aliphatic heterocycles. The van der Waals surface area contributed by atoms with Crippen LogP contribution in [0.4, 0.5) is 4.79 Å². The number of ether oxygens (including phenoxy) is 1. The molecule has 1 amide bonds. The molecule has 0 atom stereocenters. The molecule has 0 saturated carbocycles. The van der Waals surface area contributed by atoms with Crippen molar-refractivity contribution in [1.29, 1.82) is 5.26 Å². The molecule has 22 heavy (non-hydrogen) atoms. The fourth-order valence-corrected chi connectivity index (χ4v) is 2.07. The number of benzene rings is 1. The van der Waals surface area contributed by atoms with E-state index < -0.39 is 11.7 Å². The second-order valence-corrected chi connectivity index (χ2v) is 6.16. The van der Waals surface area contributed by atoms with Crippen LogP contribution in [-0.2, 0) is 10.1 Å². The Morgan fingerprint density at radius 1 is 1.41 bits per heavy atom. The van der Waals surface area contributed by atoms with Crippen molar-refractivity contribution >= 4 is 22.0 Å². The Labute approximate surface area is 140 Å². The first-order chi connectivity index (χ1) is 10.4. The predicted molar refractivity (Wildman–Crippen MR) is 89.5 cm³/mol. The topological polar surface area (TPSA) is 62.1 Å². The van der Waals surface area contributed by atoms with E-state index in [2.05, 4.69) is 39.2 Å². The van der Waals surface area contributed by atoms with Gasteiger partial charge in [-0.05, 0) is 38.5 Å². The largest absolute Gasteiger partial charge is 0.444 e. The van der Waals surface area contributed by atoms with E-state index in [0.717, 1.165) is 11.1 Å². The van der Waals surface area contributed by atoms with E-state index in [1.165, 1.54) is 0 Å². The highest BCUT2D eigenvalue weighted by Gasteiger charge is 2.15. The molecule has 0 bridgehead atoms. The highest BCUT2D eigenvalue weighted by atomic mass is 79.9. The molecule has 0 aromatic heterocycles. The third-order valence-corrected chi connectivity index (χ3v) is 3.13. The fraction of sp³-hybridized carbons (Fsp3) is 0.412. The van der Waals surface area contributed by atoms with E-state index in [0.29, 0.717) is 23.9 Å². The van der Waals surface area contributed by atoms with E-state index in [-0.39, 0.29) is 0 Å². The summed E-state index contributed by atoms with van der Waals surface area (Å²) in [7, 11) is 0. The van der Waals surface area contributed by atoms with Crippen LogP contribution >= 0.6 is 15.9 Å². The van der Waals surface area contributed by atoms with Gasteiger partial charge >= 0.3 is 6.09 Å². The zero-order valence-corrected chi connectivity index (χ0v) is 14.6. The Morgan fingerprint density at radius 2 is 2.14 bits per heavy atom. The average molecular weight is 363 g/mol. The van der Waals surface area contributed by atoms with Gasteiger partial charge in [0.05, 0.1) is 11.6 Å². The number of hydrogen-bond acceptors (Lipinski definition) is 3. The Bertz CT molecular complexity index is 631. The molecule has 1 rings (SSSR count). The summed E-state index contributed by atoms with van der Waals surface area (Å²) in [5, 5.41) is 12.2.